The van der Waals surface area contributed by atoms with E-state index in [0.29, 0.717) is 12.6 Å². The molecular weight excluding hydrogens is 240 g/mol. The van der Waals surface area contributed by atoms with E-state index >= 15 is 0 Å². The second kappa shape index (κ2) is 7.48. The molecule has 1 aromatic rings. The first-order valence-corrected chi connectivity index (χ1v) is 7.03. The zero-order valence-corrected chi connectivity index (χ0v) is 11.9. The number of hydrogen-bond donors (Lipinski definition) is 2. The summed E-state index contributed by atoms with van der Waals surface area (Å²) in [5.41, 5.74) is 2.48. The van der Waals surface area contributed by atoms with Crippen LogP contribution in [0.15, 0.2) is 18.2 Å². The van der Waals surface area contributed by atoms with Crippen LogP contribution in [0.1, 0.15) is 18.1 Å². The van der Waals surface area contributed by atoms with Gasteiger partial charge < -0.3 is 20.1 Å². The normalized spacial score (nSPS) is 19.4. The lowest BCUT2D eigenvalue weighted by Crippen LogP contribution is -2.47. The molecule has 1 heterocycles. The summed E-state index contributed by atoms with van der Waals surface area (Å²) >= 11 is 0. The lowest BCUT2D eigenvalue weighted by atomic mass is 10.1. The summed E-state index contributed by atoms with van der Waals surface area (Å²) in [4.78, 5) is 0. The number of ether oxygens (including phenoxy) is 2. The van der Waals surface area contributed by atoms with Crippen LogP contribution in [0.4, 0.5) is 0 Å². The van der Waals surface area contributed by atoms with E-state index < -0.39 is 0 Å². The minimum Gasteiger partial charge on any atom is -0.494 e. The van der Waals surface area contributed by atoms with Crippen LogP contribution in [0.2, 0.25) is 0 Å². The fourth-order valence-corrected chi connectivity index (χ4v) is 2.28. The smallest absolute Gasteiger partial charge is 0.122 e. The van der Waals surface area contributed by atoms with Crippen molar-refractivity contribution in [3.8, 4) is 5.75 Å². The highest BCUT2D eigenvalue weighted by molar-refractivity contribution is 5.36. The number of rotatable bonds is 6. The van der Waals surface area contributed by atoms with Crippen LogP contribution >= 0.6 is 0 Å². The third kappa shape index (κ3) is 4.49. The number of nitrogens with one attached hydrogen (secondary N) is 2. The molecule has 0 bridgehead atoms. The lowest BCUT2D eigenvalue weighted by Gasteiger charge is -2.24. The predicted octanol–water partition coefficient (Wildman–Crippen LogP) is 1.47. The van der Waals surface area contributed by atoms with Gasteiger partial charge in [0.2, 0.25) is 0 Å². The number of hydrogen-bond acceptors (Lipinski definition) is 4. The topological polar surface area (TPSA) is 42.5 Å². The Morgan fingerprint density at radius 1 is 1.47 bits per heavy atom. The Bertz CT molecular complexity index is 390. The molecule has 1 aromatic carbocycles. The van der Waals surface area contributed by atoms with E-state index in [2.05, 4.69) is 35.8 Å². The van der Waals surface area contributed by atoms with Crippen molar-refractivity contribution < 1.29 is 9.47 Å². The van der Waals surface area contributed by atoms with Crippen molar-refractivity contribution in [1.29, 1.82) is 0 Å². The Morgan fingerprint density at radius 2 is 2.37 bits per heavy atom. The molecule has 0 aliphatic carbocycles. The molecule has 106 valence electrons. The Kier molecular flexibility index (Phi) is 5.63. The summed E-state index contributed by atoms with van der Waals surface area (Å²) < 4.78 is 11.0. The maximum Gasteiger partial charge on any atom is 0.122 e. The molecular formula is C15H24N2O2. The molecule has 1 unspecified atom stereocenters. The van der Waals surface area contributed by atoms with Crippen molar-refractivity contribution in [2.75, 3.05) is 32.9 Å². The van der Waals surface area contributed by atoms with Crippen molar-refractivity contribution in [3.63, 3.8) is 0 Å². The van der Waals surface area contributed by atoms with Gasteiger partial charge in [0.25, 0.3) is 0 Å². The molecule has 4 heteroatoms. The first-order chi connectivity index (χ1) is 9.29. The zero-order chi connectivity index (χ0) is 13.5. The largest absolute Gasteiger partial charge is 0.494 e. The van der Waals surface area contributed by atoms with Gasteiger partial charge in [-0.25, -0.2) is 0 Å². The van der Waals surface area contributed by atoms with Crippen molar-refractivity contribution in [2.24, 2.45) is 0 Å². The lowest BCUT2D eigenvalue weighted by molar-refractivity contribution is 0.0766. The van der Waals surface area contributed by atoms with Gasteiger partial charge in [-0.2, -0.15) is 0 Å². The van der Waals surface area contributed by atoms with Crippen molar-refractivity contribution in [2.45, 2.75) is 26.4 Å². The molecule has 0 spiro atoms. The Morgan fingerprint density at radius 3 is 3.05 bits per heavy atom. The standard InChI is InChI=1S/C15H24N2O2/c1-3-19-15-5-4-13(8-12(15)2)9-16-10-14-11-18-7-6-17-14/h4-5,8,14,16-17H,3,6-7,9-11H2,1-2H3. The average molecular weight is 264 g/mol. The molecule has 1 aliphatic heterocycles. The monoisotopic (exact) mass is 264 g/mol. The molecule has 1 aliphatic rings. The number of morpholine rings is 1. The summed E-state index contributed by atoms with van der Waals surface area (Å²) in [5.74, 6) is 0.980. The minimum absolute atomic E-state index is 0.428. The number of benzene rings is 1. The number of aryl methyl sites for hydroxylation is 1. The first kappa shape index (κ1) is 14.3. The van der Waals surface area contributed by atoms with Crippen LogP contribution in [0, 0.1) is 6.92 Å². The van der Waals surface area contributed by atoms with Crippen molar-refractivity contribution in [1.82, 2.24) is 10.6 Å². The summed E-state index contributed by atoms with van der Waals surface area (Å²) in [6.07, 6.45) is 0. The molecule has 2 N–H and O–H groups in total. The van der Waals surface area contributed by atoms with Crippen LogP contribution in [0.3, 0.4) is 0 Å². The quantitative estimate of drug-likeness (QED) is 0.816. The molecule has 1 fully saturated rings. The highest BCUT2D eigenvalue weighted by Crippen LogP contribution is 2.18. The molecule has 0 aromatic heterocycles. The van der Waals surface area contributed by atoms with Crippen LogP contribution in [0.5, 0.6) is 5.75 Å². The maximum atomic E-state index is 5.54. The zero-order valence-electron chi connectivity index (χ0n) is 11.9. The van der Waals surface area contributed by atoms with E-state index in [0.717, 1.165) is 38.6 Å². The summed E-state index contributed by atoms with van der Waals surface area (Å²) in [5, 5.41) is 6.90. The van der Waals surface area contributed by atoms with E-state index in [1.165, 1.54) is 11.1 Å². The van der Waals surface area contributed by atoms with Gasteiger partial charge in [-0.1, -0.05) is 12.1 Å². The summed E-state index contributed by atoms with van der Waals surface area (Å²) in [7, 11) is 0. The highest BCUT2D eigenvalue weighted by Gasteiger charge is 2.11. The minimum atomic E-state index is 0.428. The van der Waals surface area contributed by atoms with E-state index in [9.17, 15) is 0 Å². The van der Waals surface area contributed by atoms with Crippen molar-refractivity contribution >= 4 is 0 Å². The van der Waals surface area contributed by atoms with E-state index in [-0.39, 0.29) is 0 Å². The predicted molar refractivity (Wildman–Crippen MR) is 76.7 cm³/mol. The molecule has 2 rings (SSSR count). The average Bonchev–Trinajstić information content (AvgIpc) is 2.43. The van der Waals surface area contributed by atoms with Crippen molar-refractivity contribution in [3.05, 3.63) is 29.3 Å². The SMILES string of the molecule is CCOc1ccc(CNCC2COCCN2)cc1C. The van der Waals surface area contributed by atoms with Gasteiger partial charge in [0, 0.05) is 25.7 Å². The Balaban J connectivity index is 1.77. The van der Waals surface area contributed by atoms with Crippen LogP contribution in [0.25, 0.3) is 0 Å². The van der Waals surface area contributed by atoms with Gasteiger partial charge >= 0.3 is 0 Å². The van der Waals surface area contributed by atoms with Gasteiger partial charge in [-0.15, -0.1) is 0 Å². The fourth-order valence-electron chi connectivity index (χ4n) is 2.28. The van der Waals surface area contributed by atoms with Crippen LogP contribution < -0.4 is 15.4 Å². The molecule has 0 amide bonds. The van der Waals surface area contributed by atoms with Gasteiger partial charge in [0.05, 0.1) is 19.8 Å². The van der Waals surface area contributed by atoms with Gasteiger partial charge in [0.15, 0.2) is 0 Å². The second-order valence-corrected chi connectivity index (χ2v) is 4.89. The Hall–Kier alpha value is -1.10. The van der Waals surface area contributed by atoms with E-state index in [1.807, 2.05) is 6.92 Å². The molecule has 1 saturated heterocycles. The highest BCUT2D eigenvalue weighted by atomic mass is 16.5. The van der Waals surface area contributed by atoms with E-state index in [4.69, 9.17) is 9.47 Å². The molecule has 1 atom stereocenters. The molecule has 4 nitrogen and oxygen atoms in total. The molecule has 0 saturated carbocycles. The van der Waals surface area contributed by atoms with Crippen LogP contribution in [-0.2, 0) is 11.3 Å². The third-order valence-corrected chi connectivity index (χ3v) is 3.26. The molecule has 19 heavy (non-hydrogen) atoms. The summed E-state index contributed by atoms with van der Waals surface area (Å²) in [6.45, 7) is 9.21. The van der Waals surface area contributed by atoms with Gasteiger partial charge in [-0.05, 0) is 31.0 Å². The first-order valence-electron chi connectivity index (χ1n) is 7.03. The third-order valence-electron chi connectivity index (χ3n) is 3.26. The fraction of sp³-hybridized carbons (Fsp3) is 0.600. The molecule has 0 radical (unpaired) electrons. The van der Waals surface area contributed by atoms with Crippen LogP contribution in [-0.4, -0.2) is 39.0 Å². The maximum absolute atomic E-state index is 5.54. The summed E-state index contributed by atoms with van der Waals surface area (Å²) in [6, 6.07) is 6.79. The van der Waals surface area contributed by atoms with E-state index in [1.54, 1.807) is 0 Å². The Labute approximate surface area is 115 Å². The van der Waals surface area contributed by atoms with Gasteiger partial charge in [0.1, 0.15) is 5.75 Å². The van der Waals surface area contributed by atoms with Gasteiger partial charge in [-0.3, -0.25) is 0 Å². The second-order valence-electron chi connectivity index (χ2n) is 4.89.